The van der Waals surface area contributed by atoms with Crippen LogP contribution in [-0.4, -0.2) is 23.9 Å². The summed E-state index contributed by atoms with van der Waals surface area (Å²) in [5, 5.41) is 3.07. The minimum absolute atomic E-state index is 0.0425. The van der Waals surface area contributed by atoms with Crippen LogP contribution < -0.4 is 11.1 Å². The van der Waals surface area contributed by atoms with Gasteiger partial charge in [0.1, 0.15) is 0 Å². The van der Waals surface area contributed by atoms with Crippen LogP contribution >= 0.6 is 0 Å². The number of benzene rings is 2. The molecule has 3 N–H and O–H groups in total. The quantitative estimate of drug-likeness (QED) is 0.760. The Kier molecular flexibility index (Phi) is 7.02. The summed E-state index contributed by atoms with van der Waals surface area (Å²) >= 11 is 0. The molecule has 1 amide bonds. The molecule has 0 heterocycles. The van der Waals surface area contributed by atoms with Crippen LogP contribution in [0.25, 0.3) is 0 Å². The molecule has 2 aromatic rings. The lowest BCUT2D eigenvalue weighted by atomic mass is 9.94. The van der Waals surface area contributed by atoms with Crippen molar-refractivity contribution in [3.8, 4) is 0 Å². The smallest absolute Gasteiger partial charge is 0.226 e. The normalized spacial score (nSPS) is 16.3. The Morgan fingerprint density at radius 3 is 2.48 bits per heavy atom. The van der Waals surface area contributed by atoms with E-state index in [4.69, 9.17) is 5.73 Å². The Labute approximate surface area is 162 Å². The molecule has 0 bridgehead atoms. The number of anilines is 1. The Hall–Kier alpha value is -2.17. The largest absolute Gasteiger partial charge is 0.326 e. The van der Waals surface area contributed by atoms with Gasteiger partial charge >= 0.3 is 0 Å². The van der Waals surface area contributed by atoms with Crippen LogP contribution in [0.1, 0.15) is 55.7 Å². The van der Waals surface area contributed by atoms with Crippen molar-refractivity contribution in [1.82, 2.24) is 4.90 Å². The average Bonchev–Trinajstić information content (AvgIpc) is 2.70. The van der Waals surface area contributed by atoms with Crippen molar-refractivity contribution < 1.29 is 4.79 Å². The third-order valence-electron chi connectivity index (χ3n) is 5.54. The summed E-state index contributed by atoms with van der Waals surface area (Å²) in [5.74, 6) is -0.0425. The molecule has 144 valence electrons. The van der Waals surface area contributed by atoms with Crippen LogP contribution in [0.15, 0.2) is 54.6 Å². The molecule has 0 aromatic heterocycles. The highest BCUT2D eigenvalue weighted by Crippen LogP contribution is 2.25. The Bertz CT molecular complexity index is 725. The van der Waals surface area contributed by atoms with E-state index in [1.807, 2.05) is 48.5 Å². The van der Waals surface area contributed by atoms with Gasteiger partial charge in [-0.15, -0.1) is 0 Å². The lowest BCUT2D eigenvalue weighted by Crippen LogP contribution is -2.33. The molecule has 0 aliphatic heterocycles. The van der Waals surface area contributed by atoms with Crippen molar-refractivity contribution in [2.75, 3.05) is 12.4 Å². The maximum atomic E-state index is 12.5. The topological polar surface area (TPSA) is 58.4 Å². The second kappa shape index (κ2) is 9.67. The van der Waals surface area contributed by atoms with Gasteiger partial charge in [0, 0.05) is 30.7 Å². The van der Waals surface area contributed by atoms with E-state index < -0.39 is 0 Å². The van der Waals surface area contributed by atoms with Gasteiger partial charge in [-0.05, 0) is 37.1 Å². The number of nitrogens with zero attached hydrogens (tertiary/aromatic N) is 1. The zero-order chi connectivity index (χ0) is 19.1. The van der Waals surface area contributed by atoms with Gasteiger partial charge in [-0.25, -0.2) is 0 Å². The first kappa shape index (κ1) is 19.6. The lowest BCUT2D eigenvalue weighted by Gasteiger charge is -2.31. The van der Waals surface area contributed by atoms with Crippen molar-refractivity contribution in [2.45, 2.75) is 57.2 Å². The number of para-hydroxylation sites is 1. The average molecular weight is 366 g/mol. The summed E-state index contributed by atoms with van der Waals surface area (Å²) in [5.41, 5.74) is 9.23. The van der Waals surface area contributed by atoms with Gasteiger partial charge in [-0.2, -0.15) is 0 Å². The van der Waals surface area contributed by atoms with Crippen molar-refractivity contribution >= 4 is 11.6 Å². The number of carbonyl (C=O) groups is 1. The summed E-state index contributed by atoms with van der Waals surface area (Å²) in [6.07, 6.45) is 6.83. The third-order valence-corrected chi connectivity index (χ3v) is 5.54. The minimum Gasteiger partial charge on any atom is -0.326 e. The second-order valence-corrected chi connectivity index (χ2v) is 7.63. The summed E-state index contributed by atoms with van der Waals surface area (Å²) in [6.45, 7) is 0.853. The molecule has 1 atom stereocenters. The van der Waals surface area contributed by atoms with Crippen molar-refractivity contribution in [3.63, 3.8) is 0 Å². The number of rotatable bonds is 7. The SMILES string of the molecule is CN(Cc1ccccc1NC(=O)CC(N)c1ccccc1)C1CCCCC1. The predicted octanol–water partition coefficient (Wildman–Crippen LogP) is 4.48. The first-order chi connectivity index (χ1) is 13.1. The molecule has 1 saturated carbocycles. The predicted molar refractivity (Wildman–Crippen MR) is 111 cm³/mol. The van der Waals surface area contributed by atoms with Crippen LogP contribution in [0.2, 0.25) is 0 Å². The Morgan fingerprint density at radius 2 is 1.74 bits per heavy atom. The molecule has 4 nitrogen and oxygen atoms in total. The van der Waals surface area contributed by atoms with Gasteiger partial charge in [0.2, 0.25) is 5.91 Å². The van der Waals surface area contributed by atoms with Gasteiger partial charge in [-0.1, -0.05) is 67.8 Å². The fraction of sp³-hybridized carbons (Fsp3) is 0.435. The number of hydrogen-bond acceptors (Lipinski definition) is 3. The zero-order valence-electron chi connectivity index (χ0n) is 16.2. The number of nitrogens with two attached hydrogens (primary N) is 1. The van der Waals surface area contributed by atoms with E-state index in [0.717, 1.165) is 23.4 Å². The van der Waals surface area contributed by atoms with E-state index in [9.17, 15) is 4.79 Å². The molecule has 0 spiro atoms. The van der Waals surface area contributed by atoms with Gasteiger partial charge in [0.25, 0.3) is 0 Å². The van der Waals surface area contributed by atoms with Crippen LogP contribution in [0.5, 0.6) is 0 Å². The first-order valence-electron chi connectivity index (χ1n) is 10.0. The third kappa shape index (κ3) is 5.65. The van der Waals surface area contributed by atoms with E-state index in [1.165, 1.54) is 32.1 Å². The molecule has 1 unspecified atom stereocenters. The molecule has 4 heteroatoms. The fourth-order valence-corrected chi connectivity index (χ4v) is 3.92. The minimum atomic E-state index is -0.289. The fourth-order valence-electron chi connectivity index (χ4n) is 3.92. The Balaban J connectivity index is 1.60. The molecule has 2 aromatic carbocycles. The highest BCUT2D eigenvalue weighted by atomic mass is 16.1. The molecule has 0 radical (unpaired) electrons. The summed E-state index contributed by atoms with van der Waals surface area (Å²) in [7, 11) is 2.19. The molecular formula is C23H31N3O. The number of carbonyl (C=O) groups excluding carboxylic acids is 1. The van der Waals surface area contributed by atoms with Crippen molar-refractivity contribution in [1.29, 1.82) is 0 Å². The number of nitrogens with one attached hydrogen (secondary N) is 1. The number of hydrogen-bond donors (Lipinski definition) is 2. The highest BCUT2D eigenvalue weighted by molar-refractivity contribution is 5.92. The maximum absolute atomic E-state index is 12.5. The Morgan fingerprint density at radius 1 is 1.07 bits per heavy atom. The maximum Gasteiger partial charge on any atom is 0.226 e. The van der Waals surface area contributed by atoms with Gasteiger partial charge in [0.15, 0.2) is 0 Å². The zero-order valence-corrected chi connectivity index (χ0v) is 16.2. The number of amides is 1. The molecule has 27 heavy (non-hydrogen) atoms. The molecule has 3 rings (SSSR count). The van der Waals surface area contributed by atoms with Crippen LogP contribution in [0, 0.1) is 0 Å². The van der Waals surface area contributed by atoms with E-state index in [1.54, 1.807) is 0 Å². The first-order valence-corrected chi connectivity index (χ1v) is 10.0. The van der Waals surface area contributed by atoms with E-state index >= 15 is 0 Å². The summed E-state index contributed by atoms with van der Waals surface area (Å²) in [6, 6.07) is 18.2. The van der Waals surface area contributed by atoms with Crippen molar-refractivity contribution in [3.05, 3.63) is 65.7 Å². The van der Waals surface area contributed by atoms with Crippen molar-refractivity contribution in [2.24, 2.45) is 5.73 Å². The second-order valence-electron chi connectivity index (χ2n) is 7.63. The van der Waals surface area contributed by atoms with Crippen LogP contribution in [0.3, 0.4) is 0 Å². The monoisotopic (exact) mass is 365 g/mol. The van der Waals surface area contributed by atoms with Gasteiger partial charge < -0.3 is 11.1 Å². The molecule has 1 aliphatic rings. The summed E-state index contributed by atoms with van der Waals surface area (Å²) in [4.78, 5) is 15.0. The summed E-state index contributed by atoms with van der Waals surface area (Å²) < 4.78 is 0. The van der Waals surface area contributed by atoms with Crippen LogP contribution in [0.4, 0.5) is 5.69 Å². The molecule has 1 aliphatic carbocycles. The van der Waals surface area contributed by atoms with Crippen LogP contribution in [-0.2, 0) is 11.3 Å². The van der Waals surface area contributed by atoms with Gasteiger partial charge in [-0.3, -0.25) is 9.69 Å². The highest BCUT2D eigenvalue weighted by Gasteiger charge is 2.19. The van der Waals surface area contributed by atoms with Gasteiger partial charge in [0.05, 0.1) is 0 Å². The lowest BCUT2D eigenvalue weighted by molar-refractivity contribution is -0.116. The van der Waals surface area contributed by atoms with E-state index in [-0.39, 0.29) is 18.4 Å². The standard InChI is InChI=1S/C23H31N3O/c1-26(20-13-6-3-7-14-20)17-19-12-8-9-15-22(19)25-23(27)16-21(24)18-10-4-2-5-11-18/h2,4-5,8-12,15,20-21H,3,6-7,13-14,16-17,24H2,1H3,(H,25,27). The molecule has 0 saturated heterocycles. The molecular weight excluding hydrogens is 334 g/mol. The van der Waals surface area contributed by atoms with E-state index in [0.29, 0.717) is 6.04 Å². The van der Waals surface area contributed by atoms with E-state index in [2.05, 4.69) is 23.3 Å². The molecule has 1 fully saturated rings.